The van der Waals surface area contributed by atoms with Gasteiger partial charge in [0.1, 0.15) is 0 Å². The van der Waals surface area contributed by atoms with Crippen molar-refractivity contribution in [2.24, 2.45) is 16.7 Å². The third-order valence-corrected chi connectivity index (χ3v) is 8.00. The molecule has 0 heterocycles. The van der Waals surface area contributed by atoms with Gasteiger partial charge in [0.05, 0.1) is 16.8 Å². The van der Waals surface area contributed by atoms with E-state index >= 15 is 0 Å². The first kappa shape index (κ1) is 18.4. The number of allylic oxidation sites excluding steroid dienone is 3. The third kappa shape index (κ3) is 3.00. The molecule has 1 fully saturated rings. The van der Waals surface area contributed by atoms with Gasteiger partial charge in [0.2, 0.25) is 0 Å². The van der Waals surface area contributed by atoms with Gasteiger partial charge in [-0.3, -0.25) is 0 Å². The second kappa shape index (κ2) is 6.10. The molecule has 2 aliphatic rings. The van der Waals surface area contributed by atoms with Crippen molar-refractivity contribution in [1.82, 2.24) is 0 Å². The Morgan fingerprint density at radius 2 is 1.80 bits per heavy atom. The van der Waals surface area contributed by atoms with E-state index in [1.807, 2.05) is 26.0 Å². The van der Waals surface area contributed by atoms with Gasteiger partial charge in [0.25, 0.3) is 0 Å². The Kier molecular flexibility index (Phi) is 4.49. The summed E-state index contributed by atoms with van der Waals surface area (Å²) in [7, 11) is -3.45. The molecule has 4 heteroatoms. The number of hydrogen-bond acceptors (Lipinski definition) is 3. The number of sulfone groups is 1. The highest BCUT2D eigenvalue weighted by Gasteiger charge is 2.54. The summed E-state index contributed by atoms with van der Waals surface area (Å²) in [4.78, 5) is 0.342. The molecular weight excluding hydrogens is 332 g/mol. The highest BCUT2D eigenvalue weighted by molar-refractivity contribution is 7.91. The van der Waals surface area contributed by atoms with Gasteiger partial charge < -0.3 is 5.11 Å². The lowest BCUT2D eigenvalue weighted by Crippen LogP contribution is -2.52. The minimum Gasteiger partial charge on any atom is -0.392 e. The lowest BCUT2D eigenvalue weighted by Gasteiger charge is -2.55. The Hall–Kier alpha value is -1.39. The zero-order valence-electron chi connectivity index (χ0n) is 15.5. The maximum absolute atomic E-state index is 13.0. The molecule has 0 bridgehead atoms. The molecule has 0 spiro atoms. The molecule has 1 saturated carbocycles. The molecule has 0 aliphatic heterocycles. The van der Waals surface area contributed by atoms with Crippen LogP contribution in [0.4, 0.5) is 0 Å². The number of benzene rings is 1. The fraction of sp³-hybridized carbons (Fsp3) is 0.524. The van der Waals surface area contributed by atoms with E-state index in [-0.39, 0.29) is 17.1 Å². The van der Waals surface area contributed by atoms with E-state index < -0.39 is 21.4 Å². The van der Waals surface area contributed by atoms with E-state index in [0.29, 0.717) is 11.3 Å². The summed E-state index contributed by atoms with van der Waals surface area (Å²) in [6, 6.07) is 8.60. The average molecular weight is 361 g/mol. The van der Waals surface area contributed by atoms with E-state index in [0.717, 1.165) is 17.6 Å². The maximum Gasteiger partial charge on any atom is 0.182 e. The smallest absolute Gasteiger partial charge is 0.182 e. The summed E-state index contributed by atoms with van der Waals surface area (Å²) in [6.45, 7) is 8.44. The Labute approximate surface area is 151 Å². The van der Waals surface area contributed by atoms with E-state index in [1.165, 1.54) is 0 Å². The van der Waals surface area contributed by atoms with Crippen LogP contribution in [0.3, 0.4) is 0 Å². The molecule has 3 atom stereocenters. The summed E-state index contributed by atoms with van der Waals surface area (Å²) in [6.07, 6.45) is 5.34. The average Bonchev–Trinajstić information content (AvgIpc) is 2.56. The first-order valence-electron chi connectivity index (χ1n) is 8.93. The van der Waals surface area contributed by atoms with Crippen LogP contribution in [0.5, 0.6) is 0 Å². The van der Waals surface area contributed by atoms with Crippen molar-refractivity contribution in [2.45, 2.75) is 51.5 Å². The highest BCUT2D eigenvalue weighted by atomic mass is 32.2. The van der Waals surface area contributed by atoms with Crippen molar-refractivity contribution in [2.75, 3.05) is 5.75 Å². The number of hydrogen-bond donors (Lipinski definition) is 1. The molecule has 0 aromatic heterocycles. The first-order valence-corrected chi connectivity index (χ1v) is 10.6. The molecule has 136 valence electrons. The lowest BCUT2D eigenvalue weighted by atomic mass is 9.51. The number of aliphatic hydroxyl groups is 1. The van der Waals surface area contributed by atoms with Gasteiger partial charge in [-0.2, -0.15) is 0 Å². The summed E-state index contributed by atoms with van der Waals surface area (Å²) in [5, 5.41) is 10.9. The number of fused-ring (bicyclic) bond motifs is 1. The van der Waals surface area contributed by atoms with Crippen molar-refractivity contribution in [3.05, 3.63) is 53.6 Å². The largest absolute Gasteiger partial charge is 0.392 e. The van der Waals surface area contributed by atoms with Crippen LogP contribution in [-0.2, 0) is 9.84 Å². The molecule has 0 radical (unpaired) electrons. The van der Waals surface area contributed by atoms with Gasteiger partial charge in [0.15, 0.2) is 9.84 Å². The molecule has 0 amide bonds. The minimum absolute atomic E-state index is 0.0344. The molecule has 25 heavy (non-hydrogen) atoms. The van der Waals surface area contributed by atoms with Crippen molar-refractivity contribution in [1.29, 1.82) is 0 Å². The van der Waals surface area contributed by atoms with Crippen LogP contribution >= 0.6 is 0 Å². The minimum atomic E-state index is -3.45. The Balaban J connectivity index is 2.06. The predicted octanol–water partition coefficient (Wildman–Crippen LogP) is 4.15. The molecule has 3 nitrogen and oxygen atoms in total. The molecule has 2 aliphatic carbocycles. The zero-order valence-corrected chi connectivity index (χ0v) is 16.3. The molecular formula is C21H28O3S. The summed E-state index contributed by atoms with van der Waals surface area (Å²) in [5.74, 6) is 0.0984. The second-order valence-corrected chi connectivity index (χ2v) is 10.4. The summed E-state index contributed by atoms with van der Waals surface area (Å²) < 4.78 is 26.0. The van der Waals surface area contributed by atoms with Gasteiger partial charge in [-0.1, -0.05) is 56.7 Å². The van der Waals surface area contributed by atoms with Crippen molar-refractivity contribution in [3.8, 4) is 0 Å². The maximum atomic E-state index is 13.0. The van der Waals surface area contributed by atoms with Crippen molar-refractivity contribution in [3.63, 3.8) is 0 Å². The highest BCUT2D eigenvalue weighted by Crippen LogP contribution is 2.57. The van der Waals surface area contributed by atoms with Crippen LogP contribution < -0.4 is 0 Å². The van der Waals surface area contributed by atoms with Crippen molar-refractivity contribution < 1.29 is 13.5 Å². The van der Waals surface area contributed by atoms with Crippen LogP contribution in [0.15, 0.2) is 58.5 Å². The molecule has 1 aromatic carbocycles. The Morgan fingerprint density at radius 1 is 1.16 bits per heavy atom. The summed E-state index contributed by atoms with van der Waals surface area (Å²) >= 11 is 0. The fourth-order valence-electron chi connectivity index (χ4n) is 4.77. The quantitative estimate of drug-likeness (QED) is 0.881. The van der Waals surface area contributed by atoms with Crippen LogP contribution in [0.2, 0.25) is 0 Å². The lowest BCUT2D eigenvalue weighted by molar-refractivity contribution is -0.0583. The SMILES string of the molecule is CC1=C(CS(=O)(=O)c2ccccc2)[C@@]2(C)[C@H](O)CCC(C)(C)[C@@H]2C=C1. The van der Waals surface area contributed by atoms with E-state index in [2.05, 4.69) is 19.9 Å². The van der Waals surface area contributed by atoms with Gasteiger partial charge in [-0.15, -0.1) is 0 Å². The van der Waals surface area contributed by atoms with Crippen LogP contribution in [0, 0.1) is 16.7 Å². The molecule has 0 unspecified atom stereocenters. The molecule has 3 rings (SSSR count). The number of rotatable bonds is 3. The zero-order chi connectivity index (χ0) is 18.5. The normalized spacial score (nSPS) is 31.7. The second-order valence-electron chi connectivity index (χ2n) is 8.40. The Bertz CT molecular complexity index is 818. The fourth-order valence-corrected chi connectivity index (χ4v) is 6.43. The predicted molar refractivity (Wildman–Crippen MR) is 101 cm³/mol. The van der Waals surface area contributed by atoms with E-state index in [9.17, 15) is 13.5 Å². The standard InChI is InChI=1S/C21H28O3S/c1-15-10-11-18-20(2,3)13-12-19(22)21(18,4)17(15)14-25(23,24)16-8-6-5-7-9-16/h5-11,18-19,22H,12-14H2,1-4H3/t18-,19+,21+/m0/s1. The number of aliphatic hydroxyl groups excluding tert-OH is 1. The third-order valence-electron chi connectivity index (χ3n) is 6.34. The Morgan fingerprint density at radius 3 is 2.44 bits per heavy atom. The van der Waals surface area contributed by atoms with Gasteiger partial charge in [-0.05, 0) is 48.8 Å². The molecule has 0 saturated heterocycles. The van der Waals surface area contributed by atoms with Gasteiger partial charge >= 0.3 is 0 Å². The molecule has 1 aromatic rings. The van der Waals surface area contributed by atoms with Crippen LogP contribution in [-0.4, -0.2) is 25.4 Å². The first-order chi connectivity index (χ1) is 11.6. The van der Waals surface area contributed by atoms with Crippen LogP contribution in [0.25, 0.3) is 0 Å². The summed E-state index contributed by atoms with van der Waals surface area (Å²) in [5.41, 5.74) is 1.33. The molecule has 1 N–H and O–H groups in total. The van der Waals surface area contributed by atoms with Crippen LogP contribution in [0.1, 0.15) is 40.5 Å². The van der Waals surface area contributed by atoms with Gasteiger partial charge in [-0.25, -0.2) is 8.42 Å². The van der Waals surface area contributed by atoms with E-state index in [4.69, 9.17) is 0 Å². The van der Waals surface area contributed by atoms with Crippen molar-refractivity contribution >= 4 is 9.84 Å². The monoisotopic (exact) mass is 360 g/mol. The van der Waals surface area contributed by atoms with Gasteiger partial charge in [0, 0.05) is 5.41 Å². The topological polar surface area (TPSA) is 54.4 Å². The van der Waals surface area contributed by atoms with E-state index in [1.54, 1.807) is 24.3 Å².